The molecule has 0 aliphatic heterocycles. The molecular weight excluding hydrogens is 240 g/mol. The van der Waals surface area contributed by atoms with Crippen LogP contribution in [-0.2, 0) is 14.6 Å². The summed E-state index contributed by atoms with van der Waals surface area (Å²) in [5.41, 5.74) is 5.70. The fraction of sp³-hybridized carbons (Fsp3) is 0.909. The molecule has 2 N–H and O–H groups in total. The molecule has 0 aromatic heterocycles. The van der Waals surface area contributed by atoms with Gasteiger partial charge in [0.05, 0.1) is 11.3 Å². The van der Waals surface area contributed by atoms with E-state index in [1.807, 2.05) is 6.92 Å². The Morgan fingerprint density at radius 3 is 2.53 bits per heavy atom. The van der Waals surface area contributed by atoms with Gasteiger partial charge in [-0.1, -0.05) is 6.92 Å². The molecule has 3 atom stereocenters. The Balaban J connectivity index is 2.82. The number of likely N-dealkylation sites (N-methyl/N-ethyl adjacent to an activating group) is 1. The Kier molecular flexibility index (Phi) is 4.55. The van der Waals surface area contributed by atoms with Crippen molar-refractivity contribution in [3.05, 3.63) is 0 Å². The molecule has 0 heterocycles. The van der Waals surface area contributed by atoms with Gasteiger partial charge < -0.3 is 10.6 Å². The van der Waals surface area contributed by atoms with Crippen LogP contribution >= 0.6 is 0 Å². The maximum Gasteiger partial charge on any atom is 0.239 e. The highest BCUT2D eigenvalue weighted by atomic mass is 32.2. The maximum atomic E-state index is 11.9. The molecule has 100 valence electrons. The minimum atomic E-state index is -3.10. The topological polar surface area (TPSA) is 80.5 Å². The maximum absolute atomic E-state index is 11.9. The minimum absolute atomic E-state index is 0.159. The summed E-state index contributed by atoms with van der Waals surface area (Å²) in [5, 5.41) is -0.430. The zero-order chi connectivity index (χ0) is 13.2. The Morgan fingerprint density at radius 2 is 2.06 bits per heavy atom. The molecule has 0 aromatic carbocycles. The average molecular weight is 262 g/mol. The first-order valence-corrected chi connectivity index (χ1v) is 7.95. The minimum Gasteiger partial charge on any atom is -0.340 e. The normalized spacial score (nSPS) is 26.8. The average Bonchev–Trinajstić information content (AvgIpc) is 2.74. The Morgan fingerprint density at radius 1 is 1.47 bits per heavy atom. The molecule has 0 saturated heterocycles. The summed E-state index contributed by atoms with van der Waals surface area (Å²) in [4.78, 5) is 13.5. The number of hydrogen-bond donors (Lipinski definition) is 1. The fourth-order valence-electron chi connectivity index (χ4n) is 2.45. The van der Waals surface area contributed by atoms with Gasteiger partial charge in [0.2, 0.25) is 5.91 Å². The lowest BCUT2D eigenvalue weighted by Gasteiger charge is -2.30. The highest BCUT2D eigenvalue weighted by molar-refractivity contribution is 7.91. The van der Waals surface area contributed by atoms with E-state index in [9.17, 15) is 13.2 Å². The fourth-order valence-corrected chi connectivity index (χ4v) is 3.93. The molecule has 0 aromatic rings. The standard InChI is InChI=1S/C11H22N2O3S/c1-4-8(12)11(14)13(2)9-6-5-7-10(9)17(3,15)16/h8-10H,4-7,12H2,1-3H3/t8-,9-,10-/m0/s1. The third-order valence-corrected chi connectivity index (χ3v) is 5.22. The lowest BCUT2D eigenvalue weighted by Crippen LogP contribution is -2.50. The van der Waals surface area contributed by atoms with E-state index in [0.29, 0.717) is 12.8 Å². The molecule has 0 radical (unpaired) electrons. The highest BCUT2D eigenvalue weighted by Gasteiger charge is 2.39. The Bertz CT molecular complexity index is 380. The number of nitrogens with zero attached hydrogens (tertiary/aromatic N) is 1. The van der Waals surface area contributed by atoms with Crippen molar-refractivity contribution in [1.82, 2.24) is 4.90 Å². The summed E-state index contributed by atoms with van der Waals surface area (Å²) in [6.07, 6.45) is 4.05. The Hall–Kier alpha value is -0.620. The van der Waals surface area contributed by atoms with Crippen LogP contribution in [0.5, 0.6) is 0 Å². The van der Waals surface area contributed by atoms with Gasteiger partial charge >= 0.3 is 0 Å². The summed E-state index contributed by atoms with van der Waals surface area (Å²) in [6, 6.07) is -0.740. The van der Waals surface area contributed by atoms with Crippen LogP contribution in [0, 0.1) is 0 Å². The first kappa shape index (κ1) is 14.4. The first-order valence-electron chi connectivity index (χ1n) is 6.00. The predicted octanol–water partition coefficient (Wildman–Crippen LogP) is 0.148. The number of carbonyl (C=O) groups excluding carboxylic acids is 1. The molecule has 0 bridgehead atoms. The third-order valence-electron chi connectivity index (χ3n) is 3.57. The van der Waals surface area contributed by atoms with E-state index in [1.165, 1.54) is 11.2 Å². The molecular formula is C11H22N2O3S. The van der Waals surface area contributed by atoms with Crippen molar-refractivity contribution in [2.45, 2.75) is 49.9 Å². The lowest BCUT2D eigenvalue weighted by molar-refractivity contribution is -0.133. The van der Waals surface area contributed by atoms with Crippen LogP contribution in [0.4, 0.5) is 0 Å². The number of rotatable bonds is 4. The van der Waals surface area contributed by atoms with Gasteiger partial charge in [-0.15, -0.1) is 0 Å². The second-order valence-corrected chi connectivity index (χ2v) is 7.09. The van der Waals surface area contributed by atoms with Crippen molar-refractivity contribution in [2.75, 3.05) is 13.3 Å². The van der Waals surface area contributed by atoms with Crippen LogP contribution in [0.1, 0.15) is 32.6 Å². The quantitative estimate of drug-likeness (QED) is 0.782. The van der Waals surface area contributed by atoms with E-state index < -0.39 is 21.1 Å². The van der Waals surface area contributed by atoms with E-state index >= 15 is 0 Å². The van der Waals surface area contributed by atoms with Crippen molar-refractivity contribution in [1.29, 1.82) is 0 Å². The number of amides is 1. The van der Waals surface area contributed by atoms with E-state index in [-0.39, 0.29) is 11.9 Å². The van der Waals surface area contributed by atoms with Crippen molar-refractivity contribution in [3.63, 3.8) is 0 Å². The lowest BCUT2D eigenvalue weighted by atomic mass is 10.1. The summed E-state index contributed by atoms with van der Waals surface area (Å²) in [7, 11) is -1.44. The van der Waals surface area contributed by atoms with E-state index in [2.05, 4.69) is 0 Å². The van der Waals surface area contributed by atoms with E-state index in [0.717, 1.165) is 12.8 Å². The van der Waals surface area contributed by atoms with Gasteiger partial charge in [0, 0.05) is 19.3 Å². The van der Waals surface area contributed by atoms with Crippen molar-refractivity contribution in [2.24, 2.45) is 5.73 Å². The molecule has 1 amide bonds. The Labute approximate surface area is 103 Å². The van der Waals surface area contributed by atoms with Crippen molar-refractivity contribution in [3.8, 4) is 0 Å². The zero-order valence-corrected chi connectivity index (χ0v) is 11.5. The molecule has 0 spiro atoms. The second kappa shape index (κ2) is 5.35. The SMILES string of the molecule is CC[C@H](N)C(=O)N(C)[C@H]1CCC[C@@H]1S(C)(=O)=O. The van der Waals surface area contributed by atoms with Crippen LogP contribution in [0.15, 0.2) is 0 Å². The van der Waals surface area contributed by atoms with Gasteiger partial charge in [-0.05, 0) is 25.7 Å². The van der Waals surface area contributed by atoms with Crippen LogP contribution in [0.2, 0.25) is 0 Å². The monoisotopic (exact) mass is 262 g/mol. The molecule has 17 heavy (non-hydrogen) atoms. The number of carbonyl (C=O) groups is 1. The molecule has 1 rings (SSSR count). The first-order chi connectivity index (χ1) is 7.79. The summed E-state index contributed by atoms with van der Waals surface area (Å²) >= 11 is 0. The molecule has 6 heteroatoms. The molecule has 1 saturated carbocycles. The van der Waals surface area contributed by atoms with Crippen LogP contribution in [0.3, 0.4) is 0 Å². The van der Waals surface area contributed by atoms with Crippen molar-refractivity contribution < 1.29 is 13.2 Å². The molecule has 1 aliphatic carbocycles. The van der Waals surface area contributed by atoms with Crippen LogP contribution in [0.25, 0.3) is 0 Å². The summed E-state index contributed by atoms with van der Waals surface area (Å²) in [5.74, 6) is -0.159. The van der Waals surface area contributed by atoms with Gasteiger partial charge in [0.25, 0.3) is 0 Å². The van der Waals surface area contributed by atoms with E-state index in [4.69, 9.17) is 5.73 Å². The molecule has 1 aliphatic rings. The van der Waals surface area contributed by atoms with Gasteiger partial charge in [-0.25, -0.2) is 8.42 Å². The number of sulfone groups is 1. The molecule has 1 fully saturated rings. The smallest absolute Gasteiger partial charge is 0.239 e. The largest absolute Gasteiger partial charge is 0.340 e. The van der Waals surface area contributed by atoms with Gasteiger partial charge in [-0.3, -0.25) is 4.79 Å². The molecule has 0 unspecified atom stereocenters. The second-order valence-electron chi connectivity index (χ2n) is 4.83. The number of nitrogens with two attached hydrogens (primary N) is 1. The van der Waals surface area contributed by atoms with E-state index in [1.54, 1.807) is 7.05 Å². The van der Waals surface area contributed by atoms with Gasteiger partial charge in [0.15, 0.2) is 9.84 Å². The zero-order valence-electron chi connectivity index (χ0n) is 10.7. The summed E-state index contributed by atoms with van der Waals surface area (Å²) < 4.78 is 23.3. The highest BCUT2D eigenvalue weighted by Crippen LogP contribution is 2.28. The van der Waals surface area contributed by atoms with Crippen molar-refractivity contribution >= 4 is 15.7 Å². The predicted molar refractivity (Wildman–Crippen MR) is 67.3 cm³/mol. The summed E-state index contributed by atoms with van der Waals surface area (Å²) in [6.45, 7) is 1.85. The van der Waals surface area contributed by atoms with Crippen LogP contribution in [-0.4, -0.2) is 49.9 Å². The third kappa shape index (κ3) is 3.19. The van der Waals surface area contributed by atoms with Gasteiger partial charge in [0.1, 0.15) is 0 Å². The molecule has 5 nitrogen and oxygen atoms in total. The van der Waals surface area contributed by atoms with Crippen LogP contribution < -0.4 is 5.73 Å². The number of hydrogen-bond acceptors (Lipinski definition) is 4. The van der Waals surface area contributed by atoms with Gasteiger partial charge in [-0.2, -0.15) is 0 Å².